The van der Waals surface area contributed by atoms with Crippen LogP contribution in [0.15, 0.2) is 18.2 Å². The van der Waals surface area contributed by atoms with Crippen molar-refractivity contribution >= 4 is 11.6 Å². The molecule has 0 aliphatic carbocycles. The summed E-state index contributed by atoms with van der Waals surface area (Å²) in [5, 5.41) is 3.31. The van der Waals surface area contributed by atoms with E-state index in [1.54, 1.807) is 0 Å². The Hall–Kier alpha value is -1.51. The summed E-state index contributed by atoms with van der Waals surface area (Å²) >= 11 is 0. The summed E-state index contributed by atoms with van der Waals surface area (Å²) in [5.41, 5.74) is 3.08. The van der Waals surface area contributed by atoms with Crippen LogP contribution in [0.25, 0.3) is 0 Å². The number of hydrogen-bond acceptors (Lipinski definition) is 2. The van der Waals surface area contributed by atoms with Crippen LogP contribution in [0.2, 0.25) is 0 Å². The first kappa shape index (κ1) is 14.9. The summed E-state index contributed by atoms with van der Waals surface area (Å²) in [6, 6.07) is 5.98. The normalized spacial score (nSPS) is 19.6. The molecule has 1 aromatic rings. The monoisotopic (exact) mass is 274 g/mol. The summed E-state index contributed by atoms with van der Waals surface area (Å²) in [5.74, 6) is 0.927. The Labute approximate surface area is 122 Å². The quantitative estimate of drug-likeness (QED) is 0.911. The summed E-state index contributed by atoms with van der Waals surface area (Å²) in [7, 11) is 0. The predicted octanol–water partition coefficient (Wildman–Crippen LogP) is 3.69. The number of likely N-dealkylation sites (tertiary alicyclic amines) is 1. The highest BCUT2D eigenvalue weighted by molar-refractivity contribution is 5.95. The van der Waals surface area contributed by atoms with Crippen LogP contribution in [-0.2, 0) is 0 Å². The maximum Gasteiger partial charge on any atom is 0.253 e. The van der Waals surface area contributed by atoms with Gasteiger partial charge in [0.15, 0.2) is 0 Å². The SMILES string of the molecule is CCNc1ccc(C(=O)N2CCCC(C)CC2)cc1C. The number of rotatable bonds is 3. The van der Waals surface area contributed by atoms with Gasteiger partial charge in [-0.25, -0.2) is 0 Å². The van der Waals surface area contributed by atoms with Crippen molar-refractivity contribution in [1.29, 1.82) is 0 Å². The minimum atomic E-state index is 0.185. The van der Waals surface area contributed by atoms with E-state index in [9.17, 15) is 4.79 Å². The topological polar surface area (TPSA) is 32.3 Å². The molecule has 110 valence electrons. The fourth-order valence-electron chi connectivity index (χ4n) is 2.83. The van der Waals surface area contributed by atoms with Gasteiger partial charge < -0.3 is 10.2 Å². The highest BCUT2D eigenvalue weighted by atomic mass is 16.2. The second kappa shape index (κ2) is 6.78. The van der Waals surface area contributed by atoms with Crippen LogP contribution in [0, 0.1) is 12.8 Å². The number of carbonyl (C=O) groups excluding carboxylic acids is 1. The van der Waals surface area contributed by atoms with E-state index in [2.05, 4.69) is 26.1 Å². The smallest absolute Gasteiger partial charge is 0.253 e. The highest BCUT2D eigenvalue weighted by Crippen LogP contribution is 2.21. The Kier molecular flexibility index (Phi) is 5.05. The summed E-state index contributed by atoms with van der Waals surface area (Å²) in [6.07, 6.45) is 3.49. The lowest BCUT2D eigenvalue weighted by Crippen LogP contribution is -2.32. The molecule has 0 spiro atoms. The van der Waals surface area contributed by atoms with E-state index in [1.165, 1.54) is 6.42 Å². The third-order valence-electron chi connectivity index (χ3n) is 4.14. The van der Waals surface area contributed by atoms with Crippen LogP contribution < -0.4 is 5.32 Å². The Balaban J connectivity index is 2.10. The molecule has 2 rings (SSSR count). The predicted molar refractivity (Wildman–Crippen MR) is 84.3 cm³/mol. The molecule has 20 heavy (non-hydrogen) atoms. The van der Waals surface area contributed by atoms with E-state index >= 15 is 0 Å². The van der Waals surface area contributed by atoms with Crippen LogP contribution in [0.5, 0.6) is 0 Å². The van der Waals surface area contributed by atoms with Crippen molar-refractivity contribution in [1.82, 2.24) is 4.90 Å². The third kappa shape index (κ3) is 3.53. The molecule has 1 aromatic carbocycles. The van der Waals surface area contributed by atoms with Gasteiger partial charge in [0, 0.05) is 30.9 Å². The molecular formula is C17H26N2O. The van der Waals surface area contributed by atoms with Gasteiger partial charge in [0.1, 0.15) is 0 Å². The number of nitrogens with one attached hydrogen (secondary N) is 1. The summed E-state index contributed by atoms with van der Waals surface area (Å²) < 4.78 is 0. The van der Waals surface area contributed by atoms with Gasteiger partial charge in [0.05, 0.1) is 0 Å². The van der Waals surface area contributed by atoms with E-state index in [0.717, 1.165) is 55.2 Å². The first-order valence-electron chi connectivity index (χ1n) is 7.75. The van der Waals surface area contributed by atoms with Crippen molar-refractivity contribution in [3.63, 3.8) is 0 Å². The molecule has 1 atom stereocenters. The Morgan fingerprint density at radius 2 is 2.15 bits per heavy atom. The largest absolute Gasteiger partial charge is 0.385 e. The molecule has 3 nitrogen and oxygen atoms in total. The molecule has 3 heteroatoms. The minimum Gasteiger partial charge on any atom is -0.385 e. The standard InChI is InChI=1S/C17H26N2O/c1-4-18-16-8-7-15(12-14(16)3)17(20)19-10-5-6-13(2)9-11-19/h7-8,12-13,18H,4-6,9-11H2,1-3H3. The molecule has 1 amide bonds. The van der Waals surface area contributed by atoms with Crippen molar-refractivity contribution in [3.8, 4) is 0 Å². The van der Waals surface area contributed by atoms with Gasteiger partial charge in [0.25, 0.3) is 5.91 Å². The van der Waals surface area contributed by atoms with Crippen LogP contribution in [0.4, 0.5) is 5.69 Å². The van der Waals surface area contributed by atoms with E-state index in [4.69, 9.17) is 0 Å². The molecule has 1 fully saturated rings. The fourth-order valence-corrected chi connectivity index (χ4v) is 2.83. The number of amides is 1. The van der Waals surface area contributed by atoms with Crippen LogP contribution >= 0.6 is 0 Å². The van der Waals surface area contributed by atoms with Gasteiger partial charge in [-0.15, -0.1) is 0 Å². The highest BCUT2D eigenvalue weighted by Gasteiger charge is 2.20. The van der Waals surface area contributed by atoms with E-state index in [0.29, 0.717) is 0 Å². The minimum absolute atomic E-state index is 0.185. The summed E-state index contributed by atoms with van der Waals surface area (Å²) in [6.45, 7) is 9.11. The van der Waals surface area contributed by atoms with Gasteiger partial charge >= 0.3 is 0 Å². The molecule has 1 N–H and O–H groups in total. The summed E-state index contributed by atoms with van der Waals surface area (Å²) in [4.78, 5) is 14.6. The van der Waals surface area contributed by atoms with Crippen LogP contribution in [-0.4, -0.2) is 30.4 Å². The molecule has 1 heterocycles. The van der Waals surface area contributed by atoms with Crippen molar-refractivity contribution in [3.05, 3.63) is 29.3 Å². The maximum absolute atomic E-state index is 12.6. The Bertz CT molecular complexity index is 470. The van der Waals surface area contributed by atoms with Gasteiger partial charge in [0.2, 0.25) is 0 Å². The van der Waals surface area contributed by atoms with Crippen molar-refractivity contribution in [2.75, 3.05) is 25.0 Å². The first-order chi connectivity index (χ1) is 9.61. The fraction of sp³-hybridized carbons (Fsp3) is 0.588. The number of benzene rings is 1. The molecule has 0 bridgehead atoms. The van der Waals surface area contributed by atoms with Crippen molar-refractivity contribution < 1.29 is 4.79 Å². The van der Waals surface area contributed by atoms with Crippen LogP contribution in [0.3, 0.4) is 0 Å². The molecular weight excluding hydrogens is 248 g/mol. The van der Waals surface area contributed by atoms with E-state index in [-0.39, 0.29) is 5.91 Å². The molecule has 0 aromatic heterocycles. The second-order valence-corrected chi connectivity index (χ2v) is 5.89. The zero-order valence-electron chi connectivity index (χ0n) is 12.9. The van der Waals surface area contributed by atoms with Crippen LogP contribution in [0.1, 0.15) is 49.0 Å². The Morgan fingerprint density at radius 3 is 2.85 bits per heavy atom. The molecule has 0 saturated carbocycles. The molecule has 1 unspecified atom stereocenters. The zero-order valence-corrected chi connectivity index (χ0v) is 12.9. The van der Waals surface area contributed by atoms with Gasteiger partial charge in [-0.05, 0) is 62.8 Å². The Morgan fingerprint density at radius 1 is 1.35 bits per heavy atom. The lowest BCUT2D eigenvalue weighted by atomic mass is 10.0. The number of hydrogen-bond donors (Lipinski definition) is 1. The average molecular weight is 274 g/mol. The number of nitrogens with zero attached hydrogens (tertiary/aromatic N) is 1. The number of anilines is 1. The van der Waals surface area contributed by atoms with Gasteiger partial charge in [-0.3, -0.25) is 4.79 Å². The molecule has 1 aliphatic heterocycles. The van der Waals surface area contributed by atoms with Crippen molar-refractivity contribution in [2.24, 2.45) is 5.92 Å². The number of aryl methyl sites for hydroxylation is 1. The number of carbonyl (C=O) groups is 1. The molecule has 0 radical (unpaired) electrons. The zero-order chi connectivity index (χ0) is 14.5. The van der Waals surface area contributed by atoms with Gasteiger partial charge in [-0.2, -0.15) is 0 Å². The average Bonchev–Trinajstić information content (AvgIpc) is 2.65. The lowest BCUT2D eigenvalue weighted by Gasteiger charge is -2.21. The third-order valence-corrected chi connectivity index (χ3v) is 4.14. The molecule has 1 aliphatic rings. The van der Waals surface area contributed by atoms with Crippen molar-refractivity contribution in [2.45, 2.75) is 40.0 Å². The van der Waals surface area contributed by atoms with E-state index in [1.807, 2.05) is 23.1 Å². The van der Waals surface area contributed by atoms with E-state index < -0.39 is 0 Å². The second-order valence-electron chi connectivity index (χ2n) is 5.89. The van der Waals surface area contributed by atoms with Gasteiger partial charge in [-0.1, -0.05) is 6.92 Å². The first-order valence-corrected chi connectivity index (χ1v) is 7.75. The lowest BCUT2D eigenvalue weighted by molar-refractivity contribution is 0.0760. The molecule has 1 saturated heterocycles. The maximum atomic E-state index is 12.6.